The lowest BCUT2D eigenvalue weighted by Gasteiger charge is -2.74. The Morgan fingerprint density at radius 3 is 2.21 bits per heavy atom. The molecule has 4 saturated carbocycles. The van der Waals surface area contributed by atoms with Gasteiger partial charge in [0.2, 0.25) is 0 Å². The molecule has 0 bridgehead atoms. The molecule has 0 radical (unpaired) electrons. The van der Waals surface area contributed by atoms with Gasteiger partial charge in [0.05, 0.1) is 17.1 Å². The van der Waals surface area contributed by atoms with Crippen molar-refractivity contribution < 1.29 is 34.8 Å². The minimum absolute atomic E-state index is 0.0214. The molecule has 0 unspecified atom stereocenters. The van der Waals surface area contributed by atoms with Gasteiger partial charge in [0.15, 0.2) is 0 Å². The quantitative estimate of drug-likeness (QED) is 0.151. The normalized spacial score (nSPS) is 47.1. The molecule has 1 aromatic rings. The second kappa shape index (κ2) is 10.7. The number of aliphatic carboxylic acids is 1. The highest BCUT2D eigenvalue weighted by Crippen LogP contribution is 2.79. The van der Waals surface area contributed by atoms with Crippen molar-refractivity contribution in [3.8, 4) is 5.75 Å². The van der Waals surface area contributed by atoms with Crippen LogP contribution in [0.5, 0.6) is 5.75 Å². The van der Waals surface area contributed by atoms with Gasteiger partial charge in [-0.1, -0.05) is 72.2 Å². The zero-order chi connectivity index (χ0) is 34.6. The molecule has 0 aliphatic heterocycles. The Hall–Kier alpha value is -2.64. The Bertz CT molecular complexity index is 1510. The van der Waals surface area contributed by atoms with Crippen LogP contribution in [0.2, 0.25) is 0 Å². The minimum Gasteiger partial charge on any atom is -0.508 e. The maximum atomic E-state index is 13.2. The van der Waals surface area contributed by atoms with Crippen LogP contribution in [0.3, 0.4) is 0 Å². The largest absolute Gasteiger partial charge is 0.508 e. The van der Waals surface area contributed by atoms with Gasteiger partial charge in [0.1, 0.15) is 11.9 Å². The summed E-state index contributed by atoms with van der Waals surface area (Å²) < 4.78 is 6.04. The van der Waals surface area contributed by atoms with Crippen molar-refractivity contribution in [2.75, 3.05) is 0 Å². The molecule has 0 aromatic heterocycles. The third kappa shape index (κ3) is 4.36. The maximum Gasteiger partial charge on any atom is 0.331 e. The van der Waals surface area contributed by atoms with Gasteiger partial charge >= 0.3 is 11.9 Å². The van der Waals surface area contributed by atoms with Crippen LogP contribution in [0.1, 0.15) is 112 Å². The summed E-state index contributed by atoms with van der Waals surface area (Å²) in [6.07, 6.45) is 9.60. The summed E-state index contributed by atoms with van der Waals surface area (Å²) in [5.74, 6) is -0.717. The second-order valence-electron chi connectivity index (χ2n) is 17.7. The molecule has 1 aromatic carbocycles. The number of carbonyl (C=O) groups excluding carboxylic acids is 1. The fourth-order valence-corrected chi connectivity index (χ4v) is 12.7. The molecule has 7 heteroatoms. The van der Waals surface area contributed by atoms with Crippen molar-refractivity contribution >= 4 is 18.0 Å². The first-order valence-corrected chi connectivity index (χ1v) is 17.7. The zero-order valence-electron chi connectivity index (χ0n) is 29.6. The van der Waals surface area contributed by atoms with Crippen LogP contribution in [0.25, 0.3) is 6.08 Å². The van der Waals surface area contributed by atoms with Gasteiger partial charge < -0.3 is 25.2 Å². The number of aliphatic hydroxyl groups excluding tert-OH is 1. The number of carboxylic acids is 1. The Balaban J connectivity index is 1.33. The second-order valence-corrected chi connectivity index (χ2v) is 17.7. The summed E-state index contributed by atoms with van der Waals surface area (Å²) in [7, 11) is 0. The van der Waals surface area contributed by atoms with Crippen LogP contribution in [0, 0.1) is 50.2 Å². The number of hydrogen-bond acceptors (Lipinski definition) is 6. The van der Waals surface area contributed by atoms with Crippen LogP contribution < -0.4 is 0 Å². The maximum absolute atomic E-state index is 13.2. The average molecular weight is 649 g/mol. The fraction of sp³-hybridized carbons (Fsp3) is 0.700. The highest BCUT2D eigenvalue weighted by molar-refractivity contribution is 5.87. The van der Waals surface area contributed by atoms with Crippen molar-refractivity contribution in [1.29, 1.82) is 0 Å². The van der Waals surface area contributed by atoms with E-state index in [1.54, 1.807) is 30.3 Å². The van der Waals surface area contributed by atoms with E-state index in [0.717, 1.165) is 36.8 Å². The summed E-state index contributed by atoms with van der Waals surface area (Å²) in [5, 5.41) is 44.5. The summed E-state index contributed by atoms with van der Waals surface area (Å²) in [6, 6.07) is 6.57. The van der Waals surface area contributed by atoms with E-state index in [2.05, 4.69) is 54.5 Å². The lowest BCUT2D eigenvalue weighted by Crippen LogP contribution is -2.72. The number of carboxylic acid groups (broad SMARTS) is 1. The zero-order valence-corrected chi connectivity index (χ0v) is 29.6. The SMILES string of the molecule is C[C@@H]1CC[C@]2(C(=O)O)CC[C@]3(C)C(=CC[C@@H]4[C@@]5(C)C[C@@H](O)[C@H](OC(=O)/C=C/c6ccc(O)cc6)C(C)(C)[C@@H]5CC[C@]43C)[C@@]2(C)[C@]1(C)O. The molecule has 0 heterocycles. The van der Waals surface area contributed by atoms with Crippen molar-refractivity contribution in [2.24, 2.45) is 50.2 Å². The standard InChI is InChI=1S/C40H56O7/c1-24-17-20-40(33(44)45)22-21-37(6)30(38(40,7)39(24,8)46)15-14-29-35(4)23-27(42)32(34(2,3)28(35)18-19-36(29,37)5)47-31(43)16-11-25-9-12-26(41)13-10-25/h9-13,15-16,24,27-29,32,41-42,46H,14,17-23H2,1-8H3,(H,44,45)/b16-11+/t24-,27-,28+,29-,32+,35+,36-,37-,38+,39-,40-/m1/s1. The molecule has 4 N–H and O–H groups in total. The first-order valence-electron chi connectivity index (χ1n) is 17.7. The number of phenols is 1. The van der Waals surface area contributed by atoms with E-state index in [1.807, 2.05) is 6.92 Å². The first kappa shape index (κ1) is 34.2. The highest BCUT2D eigenvalue weighted by atomic mass is 16.6. The molecule has 0 spiro atoms. The number of carbonyl (C=O) groups is 2. The number of esters is 1. The van der Waals surface area contributed by atoms with Crippen LogP contribution in [-0.2, 0) is 14.3 Å². The highest BCUT2D eigenvalue weighted by Gasteiger charge is 2.76. The van der Waals surface area contributed by atoms with Crippen LogP contribution in [0.4, 0.5) is 0 Å². The van der Waals surface area contributed by atoms with Crippen molar-refractivity contribution in [1.82, 2.24) is 0 Å². The van der Waals surface area contributed by atoms with E-state index in [1.165, 1.54) is 6.08 Å². The molecular weight excluding hydrogens is 592 g/mol. The molecule has 47 heavy (non-hydrogen) atoms. The van der Waals surface area contributed by atoms with E-state index >= 15 is 0 Å². The lowest BCUT2D eigenvalue weighted by atomic mass is 9.30. The lowest BCUT2D eigenvalue weighted by molar-refractivity contribution is -0.253. The number of aromatic hydroxyl groups is 1. The predicted molar refractivity (Wildman–Crippen MR) is 181 cm³/mol. The molecule has 5 aliphatic rings. The van der Waals surface area contributed by atoms with E-state index in [4.69, 9.17) is 4.74 Å². The number of rotatable bonds is 4. The van der Waals surface area contributed by atoms with Crippen molar-refractivity contribution in [2.45, 2.75) is 125 Å². The molecule has 11 atom stereocenters. The van der Waals surface area contributed by atoms with E-state index in [0.29, 0.717) is 25.7 Å². The first-order chi connectivity index (χ1) is 21.7. The molecular formula is C40H56O7. The van der Waals surface area contributed by atoms with Crippen LogP contribution in [-0.4, -0.2) is 50.2 Å². The Labute approximate surface area is 280 Å². The molecule has 0 amide bonds. The summed E-state index contributed by atoms with van der Waals surface area (Å²) in [6.45, 7) is 17.4. The van der Waals surface area contributed by atoms with Gasteiger partial charge in [-0.2, -0.15) is 0 Å². The predicted octanol–water partition coefficient (Wildman–Crippen LogP) is 7.54. The molecule has 0 saturated heterocycles. The van der Waals surface area contributed by atoms with Gasteiger partial charge in [-0.3, -0.25) is 4.79 Å². The minimum atomic E-state index is -1.17. The number of ether oxygens (including phenoxy) is 1. The number of hydrogen-bond donors (Lipinski definition) is 4. The number of aliphatic hydroxyl groups is 2. The summed E-state index contributed by atoms with van der Waals surface area (Å²) in [4.78, 5) is 26.3. The Kier molecular flexibility index (Phi) is 7.78. The number of fused-ring (bicyclic) bond motifs is 7. The van der Waals surface area contributed by atoms with Gasteiger partial charge in [-0.05, 0) is 116 Å². The monoisotopic (exact) mass is 648 g/mol. The summed E-state index contributed by atoms with van der Waals surface area (Å²) >= 11 is 0. The van der Waals surface area contributed by atoms with Crippen molar-refractivity contribution in [3.05, 3.63) is 47.6 Å². The van der Waals surface area contributed by atoms with Crippen molar-refractivity contribution in [3.63, 3.8) is 0 Å². The van der Waals surface area contributed by atoms with Gasteiger partial charge in [-0.15, -0.1) is 0 Å². The molecule has 4 fully saturated rings. The molecule has 7 nitrogen and oxygen atoms in total. The third-order valence-electron chi connectivity index (χ3n) is 15.8. The van der Waals surface area contributed by atoms with Crippen LogP contribution in [0.15, 0.2) is 42.0 Å². The van der Waals surface area contributed by atoms with Gasteiger partial charge in [-0.25, -0.2) is 4.79 Å². The Morgan fingerprint density at radius 1 is 0.915 bits per heavy atom. The molecule has 6 rings (SSSR count). The fourth-order valence-electron chi connectivity index (χ4n) is 12.7. The van der Waals surface area contributed by atoms with Crippen LogP contribution >= 0.6 is 0 Å². The Morgan fingerprint density at radius 2 is 1.57 bits per heavy atom. The number of benzene rings is 1. The third-order valence-corrected chi connectivity index (χ3v) is 15.8. The smallest absolute Gasteiger partial charge is 0.331 e. The topological polar surface area (TPSA) is 124 Å². The van der Waals surface area contributed by atoms with E-state index in [-0.39, 0.29) is 39.7 Å². The molecule has 258 valence electrons. The van der Waals surface area contributed by atoms with E-state index in [9.17, 15) is 30.0 Å². The van der Waals surface area contributed by atoms with Gasteiger partial charge in [0.25, 0.3) is 0 Å². The average Bonchev–Trinajstić information content (AvgIpc) is 2.98. The van der Waals surface area contributed by atoms with E-state index < -0.39 is 46.0 Å². The molecule has 5 aliphatic carbocycles. The van der Waals surface area contributed by atoms with Gasteiger partial charge in [0, 0.05) is 16.9 Å². The number of allylic oxidation sites excluding steroid dienone is 1. The summed E-state index contributed by atoms with van der Waals surface area (Å²) in [5.41, 5.74) is -2.37. The number of phenolic OH excluding ortho intramolecular Hbond substituents is 1.